The Balaban J connectivity index is 0.784. The number of hydrogen-bond acceptors (Lipinski definition) is 14. The van der Waals surface area contributed by atoms with Gasteiger partial charge in [0.1, 0.15) is 42.5 Å². The van der Waals surface area contributed by atoms with Gasteiger partial charge >= 0.3 is 0 Å². The van der Waals surface area contributed by atoms with Gasteiger partial charge in [-0.25, -0.2) is 4.98 Å². The van der Waals surface area contributed by atoms with Crippen LogP contribution in [-0.2, 0) is 35.1 Å². The molecular formula is C52H58N4O11S2. The summed E-state index contributed by atoms with van der Waals surface area (Å²) in [5.41, 5.74) is 5.90. The molecule has 0 aliphatic carbocycles. The van der Waals surface area contributed by atoms with E-state index in [0.717, 1.165) is 42.2 Å². The molecule has 0 radical (unpaired) electrons. The topological polar surface area (TPSA) is 195 Å². The number of nitrogens with zero attached hydrogens (tertiary/aromatic N) is 2. The second-order valence-corrected chi connectivity index (χ2v) is 19.5. The standard InChI is InChI=1S/C52H58N4O11S2/c1-32-47(68-31-54-32)35-8-6-33(7-9-35)28-53-50(61)42-26-38(58)29-56(42)51(62)49(52(2,3)4)55-44(59)30-66-23-22-64-20-21-65-24-25-67-39-16-12-34(13-17-39)46(60)45-41-19-18-40(63-5)27-43(41)69-48(45)36-10-14-37(57)15-11-36/h6-19,27,31,38,42,49,57-58H,20-26,28-30H2,1-5H3,(H,53,61)(H,55,59)/t38?,42?,49-/m1/s1. The van der Waals surface area contributed by atoms with Crippen molar-refractivity contribution in [2.75, 3.05) is 59.9 Å². The highest BCUT2D eigenvalue weighted by atomic mass is 32.1. The van der Waals surface area contributed by atoms with Gasteiger partial charge in [0, 0.05) is 45.6 Å². The summed E-state index contributed by atoms with van der Waals surface area (Å²) in [6, 6.07) is 25.4. The van der Waals surface area contributed by atoms with E-state index in [4.69, 9.17) is 23.7 Å². The number of carbonyl (C=O) groups is 4. The fourth-order valence-corrected chi connectivity index (χ4v) is 9.94. The third-order valence-corrected chi connectivity index (χ3v) is 13.7. The van der Waals surface area contributed by atoms with E-state index in [1.807, 2.05) is 75.7 Å². The van der Waals surface area contributed by atoms with Crippen LogP contribution in [0.15, 0.2) is 96.5 Å². The number of thiazole rings is 1. The minimum atomic E-state index is -0.979. The number of methoxy groups -OCH3 is 1. The maximum Gasteiger partial charge on any atom is 0.246 e. The molecule has 3 heterocycles. The van der Waals surface area contributed by atoms with Crippen LogP contribution in [0.25, 0.3) is 31.0 Å². The number of aliphatic hydroxyl groups excluding tert-OH is 1. The predicted octanol–water partition coefficient (Wildman–Crippen LogP) is 7.18. The number of aromatic nitrogens is 1. The maximum absolute atomic E-state index is 14.0. The molecule has 69 heavy (non-hydrogen) atoms. The number of amides is 3. The van der Waals surface area contributed by atoms with Crippen molar-refractivity contribution in [1.82, 2.24) is 20.5 Å². The lowest BCUT2D eigenvalue weighted by Crippen LogP contribution is -2.58. The number of likely N-dealkylation sites (tertiary alicyclic amines) is 1. The van der Waals surface area contributed by atoms with Crippen LogP contribution in [0, 0.1) is 12.3 Å². The monoisotopic (exact) mass is 978 g/mol. The van der Waals surface area contributed by atoms with Gasteiger partial charge in [0.15, 0.2) is 5.78 Å². The minimum absolute atomic E-state index is 0.0261. The molecule has 7 rings (SSSR count). The Morgan fingerprint density at radius 3 is 2.12 bits per heavy atom. The summed E-state index contributed by atoms with van der Waals surface area (Å²) in [4.78, 5) is 61.9. The lowest BCUT2D eigenvalue weighted by atomic mass is 9.85. The Kier molecular flexibility index (Phi) is 17.2. The second-order valence-electron chi connectivity index (χ2n) is 17.6. The van der Waals surface area contributed by atoms with Crippen LogP contribution in [0.4, 0.5) is 0 Å². The second kappa shape index (κ2) is 23.4. The largest absolute Gasteiger partial charge is 0.508 e. The Labute approximate surface area is 409 Å². The van der Waals surface area contributed by atoms with Crippen molar-refractivity contribution in [3.05, 3.63) is 119 Å². The van der Waals surface area contributed by atoms with Gasteiger partial charge in [0.2, 0.25) is 17.7 Å². The molecule has 1 aliphatic rings. The molecule has 2 aromatic heterocycles. The van der Waals surface area contributed by atoms with Crippen molar-refractivity contribution >= 4 is 56.3 Å². The summed E-state index contributed by atoms with van der Waals surface area (Å²) in [7, 11) is 1.60. The minimum Gasteiger partial charge on any atom is -0.508 e. The molecule has 0 spiro atoms. The summed E-state index contributed by atoms with van der Waals surface area (Å²) < 4.78 is 28.9. The number of ether oxygens (including phenoxy) is 5. The number of nitrogens with one attached hydrogen (secondary N) is 2. The number of phenolic OH excluding ortho intramolecular Hbond substituents is 1. The van der Waals surface area contributed by atoms with E-state index < -0.39 is 35.4 Å². The Morgan fingerprint density at radius 1 is 0.826 bits per heavy atom. The molecule has 4 aromatic carbocycles. The van der Waals surface area contributed by atoms with Gasteiger partial charge < -0.3 is 49.4 Å². The fraction of sp³-hybridized carbons (Fsp3) is 0.365. The number of carbonyl (C=O) groups excluding carboxylic acids is 4. The quantitative estimate of drug-likeness (QED) is 0.0396. The van der Waals surface area contributed by atoms with Gasteiger partial charge in [-0.3, -0.25) is 19.2 Å². The van der Waals surface area contributed by atoms with Crippen molar-refractivity contribution < 1.29 is 53.1 Å². The number of aliphatic hydroxyl groups is 1. The maximum atomic E-state index is 14.0. The molecule has 6 aromatic rings. The average Bonchev–Trinajstić information content (AvgIpc) is 4.07. The highest BCUT2D eigenvalue weighted by molar-refractivity contribution is 7.22. The summed E-state index contributed by atoms with van der Waals surface area (Å²) in [5.74, 6) is -0.0342. The molecule has 0 saturated carbocycles. The van der Waals surface area contributed by atoms with Gasteiger partial charge in [-0.15, -0.1) is 22.7 Å². The number of thiophene rings is 1. The molecule has 0 bridgehead atoms. The molecule has 4 N–H and O–H groups in total. The van der Waals surface area contributed by atoms with E-state index in [0.29, 0.717) is 42.4 Å². The molecule has 17 heteroatoms. The van der Waals surface area contributed by atoms with Gasteiger partial charge in [-0.1, -0.05) is 45.0 Å². The zero-order valence-corrected chi connectivity index (χ0v) is 41.0. The van der Waals surface area contributed by atoms with Crippen molar-refractivity contribution in [3.8, 4) is 38.1 Å². The Bertz CT molecular complexity index is 2700. The molecule has 3 amide bonds. The fourth-order valence-electron chi connectivity index (χ4n) is 7.90. The third kappa shape index (κ3) is 13.1. The molecular weight excluding hydrogens is 921 g/mol. The van der Waals surface area contributed by atoms with Crippen LogP contribution in [0.3, 0.4) is 0 Å². The number of fused-ring (bicyclic) bond motifs is 1. The van der Waals surface area contributed by atoms with E-state index in [2.05, 4.69) is 15.6 Å². The van der Waals surface area contributed by atoms with Crippen molar-refractivity contribution in [3.63, 3.8) is 0 Å². The SMILES string of the molecule is COc1ccc2c(C(=O)c3ccc(OCCOCCOCCOCC(=O)N[C@H](C(=O)N4CC(O)CC4C(=O)NCc4ccc(-c5scnc5C)cc4)C(C)(C)C)cc3)c(-c3ccc(O)cc3)sc2c1. The molecule has 3 atom stereocenters. The zero-order valence-electron chi connectivity index (χ0n) is 39.3. The average molecular weight is 979 g/mol. The normalized spacial score (nSPS) is 15.2. The summed E-state index contributed by atoms with van der Waals surface area (Å²) in [6.45, 7) is 8.87. The number of aromatic hydroxyl groups is 1. The van der Waals surface area contributed by atoms with Crippen LogP contribution in [-0.4, -0.2) is 122 Å². The number of hydrogen-bond donors (Lipinski definition) is 4. The van der Waals surface area contributed by atoms with Crippen LogP contribution in [0.1, 0.15) is 54.4 Å². The van der Waals surface area contributed by atoms with Crippen LogP contribution >= 0.6 is 22.7 Å². The number of benzene rings is 4. The molecule has 2 unspecified atom stereocenters. The Hall–Kier alpha value is -6.21. The Morgan fingerprint density at radius 2 is 1.46 bits per heavy atom. The van der Waals surface area contributed by atoms with Crippen LogP contribution in [0.5, 0.6) is 17.2 Å². The van der Waals surface area contributed by atoms with Crippen LogP contribution in [0.2, 0.25) is 0 Å². The number of β-amino-alcohol motifs (C(OH)–C–C–N with tert-alkyl or cyclic N) is 1. The van der Waals surface area contributed by atoms with Crippen molar-refractivity contribution in [2.45, 2.75) is 58.8 Å². The first-order valence-electron chi connectivity index (χ1n) is 22.7. The summed E-state index contributed by atoms with van der Waals surface area (Å²) in [6.07, 6.45) is -0.793. The highest BCUT2D eigenvalue weighted by Crippen LogP contribution is 2.42. The lowest BCUT2D eigenvalue weighted by Gasteiger charge is -2.35. The van der Waals surface area contributed by atoms with E-state index in [9.17, 15) is 29.4 Å². The smallest absolute Gasteiger partial charge is 0.246 e. The first-order chi connectivity index (χ1) is 33.2. The van der Waals surface area contributed by atoms with E-state index in [1.165, 1.54) is 16.2 Å². The van der Waals surface area contributed by atoms with Gasteiger partial charge in [0.25, 0.3) is 0 Å². The van der Waals surface area contributed by atoms with Gasteiger partial charge in [0.05, 0.1) is 62.3 Å². The summed E-state index contributed by atoms with van der Waals surface area (Å²) >= 11 is 3.06. The van der Waals surface area contributed by atoms with E-state index in [1.54, 1.807) is 67.0 Å². The number of aryl methyl sites for hydroxylation is 1. The predicted molar refractivity (Wildman–Crippen MR) is 265 cm³/mol. The van der Waals surface area contributed by atoms with Crippen molar-refractivity contribution in [2.24, 2.45) is 5.41 Å². The van der Waals surface area contributed by atoms with Gasteiger partial charge in [-0.2, -0.15) is 0 Å². The van der Waals surface area contributed by atoms with Gasteiger partial charge in [-0.05, 0) is 95.8 Å². The first-order valence-corrected chi connectivity index (χ1v) is 24.4. The summed E-state index contributed by atoms with van der Waals surface area (Å²) in [5, 5.41) is 26.9. The number of rotatable bonds is 22. The van der Waals surface area contributed by atoms with Crippen molar-refractivity contribution in [1.29, 1.82) is 0 Å². The number of phenols is 1. The zero-order chi connectivity index (χ0) is 49.1. The highest BCUT2D eigenvalue weighted by Gasteiger charge is 2.44. The molecule has 364 valence electrons. The number of ketones is 1. The lowest BCUT2D eigenvalue weighted by molar-refractivity contribution is -0.144. The first kappa shape index (κ1) is 50.7. The molecule has 1 aliphatic heterocycles. The third-order valence-electron chi connectivity index (χ3n) is 11.6. The molecule has 15 nitrogen and oxygen atoms in total. The molecule has 1 saturated heterocycles. The molecule has 1 fully saturated rings. The van der Waals surface area contributed by atoms with E-state index >= 15 is 0 Å². The van der Waals surface area contributed by atoms with E-state index in [-0.39, 0.29) is 63.4 Å². The van der Waals surface area contributed by atoms with Crippen LogP contribution < -0.4 is 20.1 Å².